The van der Waals surface area contributed by atoms with Crippen LogP contribution >= 0.6 is 0 Å². The third-order valence-corrected chi connectivity index (χ3v) is 5.13. The zero-order valence-corrected chi connectivity index (χ0v) is 15.3. The average Bonchev–Trinajstić information content (AvgIpc) is 2.79. The van der Waals surface area contributed by atoms with Gasteiger partial charge in [0.05, 0.1) is 12.3 Å². The van der Waals surface area contributed by atoms with Crippen LogP contribution in [0.2, 0.25) is 0 Å². The lowest BCUT2D eigenvalue weighted by Crippen LogP contribution is -2.33. The van der Waals surface area contributed by atoms with Gasteiger partial charge in [0.1, 0.15) is 33.3 Å². The molecule has 2 atom stereocenters. The fourth-order valence-corrected chi connectivity index (χ4v) is 3.06. The molecule has 8 heteroatoms. The number of benzene rings is 1. The Kier molecular flexibility index (Phi) is 5.13. The lowest BCUT2D eigenvalue weighted by molar-refractivity contribution is 0.125. The summed E-state index contributed by atoms with van der Waals surface area (Å²) in [4.78, 5) is 2.76. The van der Waals surface area contributed by atoms with Gasteiger partial charge in [-0.1, -0.05) is 9.51 Å². The van der Waals surface area contributed by atoms with Crippen LogP contribution < -0.4 is 4.74 Å². The standard InChI is InChI=1S/C16H21FN4O2S/c1-10(20-24(22)15(2,3)4)13-7-12(17)6-11-8-16(5,9-19-21-18)23-14(11)13/h6-7H,8-9H2,1-5H3/b20-10+/t16-,24+/m0/s1. The van der Waals surface area contributed by atoms with Crippen molar-refractivity contribution in [2.75, 3.05) is 6.54 Å². The van der Waals surface area contributed by atoms with Crippen LogP contribution in [0.5, 0.6) is 5.75 Å². The summed E-state index contributed by atoms with van der Waals surface area (Å²) in [5.41, 5.74) is 9.41. The molecule has 0 fully saturated rings. The van der Waals surface area contributed by atoms with Crippen LogP contribution in [-0.2, 0) is 17.8 Å². The number of ether oxygens (including phenoxy) is 1. The van der Waals surface area contributed by atoms with E-state index in [2.05, 4.69) is 14.4 Å². The lowest BCUT2D eigenvalue weighted by atomic mass is 9.98. The number of hydrogen-bond acceptors (Lipinski definition) is 4. The van der Waals surface area contributed by atoms with Crippen LogP contribution in [0.15, 0.2) is 21.6 Å². The summed E-state index contributed by atoms with van der Waals surface area (Å²) in [7, 11) is 0. The van der Waals surface area contributed by atoms with Crippen molar-refractivity contribution >= 4 is 17.1 Å². The van der Waals surface area contributed by atoms with Gasteiger partial charge in [-0.3, -0.25) is 0 Å². The average molecular weight is 352 g/mol. The highest BCUT2D eigenvalue weighted by atomic mass is 32.2. The van der Waals surface area contributed by atoms with Gasteiger partial charge in [0, 0.05) is 22.5 Å². The Morgan fingerprint density at radius 1 is 1.50 bits per heavy atom. The van der Waals surface area contributed by atoms with E-state index in [4.69, 9.17) is 10.3 Å². The van der Waals surface area contributed by atoms with Gasteiger partial charge in [0.25, 0.3) is 0 Å². The van der Waals surface area contributed by atoms with Crippen LogP contribution in [0.1, 0.15) is 45.7 Å². The van der Waals surface area contributed by atoms with E-state index in [1.165, 1.54) is 12.1 Å². The molecule has 0 aromatic heterocycles. The van der Waals surface area contributed by atoms with Crippen LogP contribution in [0, 0.1) is 5.82 Å². The number of rotatable bonds is 4. The second kappa shape index (κ2) is 6.63. The smallest absolute Gasteiger partial charge is 0.144 e. The minimum absolute atomic E-state index is 0.142. The van der Waals surface area contributed by atoms with Gasteiger partial charge in [-0.25, -0.2) is 4.39 Å². The maximum atomic E-state index is 14.0. The zero-order valence-electron chi connectivity index (χ0n) is 14.5. The molecule has 0 N–H and O–H groups in total. The first kappa shape index (κ1) is 18.6. The van der Waals surface area contributed by atoms with Crippen molar-refractivity contribution in [3.63, 3.8) is 0 Å². The second-order valence-corrected chi connectivity index (χ2v) is 9.00. The molecule has 1 aliphatic heterocycles. The highest BCUT2D eigenvalue weighted by Crippen LogP contribution is 2.39. The van der Waals surface area contributed by atoms with Gasteiger partial charge in [-0.2, -0.15) is 0 Å². The minimum Gasteiger partial charge on any atom is -0.591 e. The SMILES string of the molecule is C/C(=N\[S@+]([O-])C(C)(C)C)c1cc(F)cc2c1O[C@](C)(CN=[N+]=[N-])C2. The summed E-state index contributed by atoms with van der Waals surface area (Å²) < 4.78 is 35.9. The Morgan fingerprint density at radius 2 is 2.17 bits per heavy atom. The molecule has 6 nitrogen and oxygen atoms in total. The van der Waals surface area contributed by atoms with Gasteiger partial charge >= 0.3 is 0 Å². The predicted octanol–water partition coefficient (Wildman–Crippen LogP) is 4.10. The maximum absolute atomic E-state index is 14.0. The molecule has 1 aromatic rings. The summed E-state index contributed by atoms with van der Waals surface area (Å²) in [5, 5.41) is 3.57. The summed E-state index contributed by atoms with van der Waals surface area (Å²) in [6.07, 6.45) is 0.432. The predicted molar refractivity (Wildman–Crippen MR) is 93.3 cm³/mol. The highest BCUT2D eigenvalue weighted by molar-refractivity contribution is 7.91. The van der Waals surface area contributed by atoms with Gasteiger partial charge in [0.2, 0.25) is 0 Å². The topological polar surface area (TPSA) is 93.4 Å². The number of fused-ring (bicyclic) bond motifs is 1. The molecule has 0 spiro atoms. The Balaban J connectivity index is 2.42. The van der Waals surface area contributed by atoms with Crippen molar-refractivity contribution in [3.8, 4) is 5.75 Å². The van der Waals surface area contributed by atoms with Gasteiger partial charge in [0.15, 0.2) is 0 Å². The molecule has 0 saturated carbocycles. The van der Waals surface area contributed by atoms with Crippen molar-refractivity contribution in [1.82, 2.24) is 0 Å². The van der Waals surface area contributed by atoms with Crippen molar-refractivity contribution < 1.29 is 13.7 Å². The van der Waals surface area contributed by atoms with Crippen LogP contribution in [0.4, 0.5) is 4.39 Å². The molecular formula is C16H21FN4O2S. The lowest BCUT2D eigenvalue weighted by Gasteiger charge is -2.22. The molecule has 0 saturated heterocycles. The van der Waals surface area contributed by atoms with Gasteiger partial charge in [-0.15, -0.1) is 0 Å². The number of azide groups is 1. The molecule has 24 heavy (non-hydrogen) atoms. The zero-order chi connectivity index (χ0) is 18.1. The first-order chi connectivity index (χ1) is 11.1. The number of hydrogen-bond donors (Lipinski definition) is 0. The molecule has 0 amide bonds. The third kappa shape index (κ3) is 4.01. The Hall–Kier alpha value is -1.76. The van der Waals surface area contributed by atoms with Crippen molar-refractivity contribution in [2.45, 2.75) is 51.4 Å². The van der Waals surface area contributed by atoms with Crippen LogP contribution in [0.3, 0.4) is 0 Å². The molecule has 1 heterocycles. The minimum atomic E-state index is -1.45. The summed E-state index contributed by atoms with van der Waals surface area (Å²) in [6.45, 7) is 9.10. The van der Waals surface area contributed by atoms with Crippen LogP contribution in [-0.4, -0.2) is 27.2 Å². The number of halogens is 1. The van der Waals surface area contributed by atoms with Gasteiger partial charge < -0.3 is 9.29 Å². The van der Waals surface area contributed by atoms with E-state index in [1.54, 1.807) is 6.92 Å². The highest BCUT2D eigenvalue weighted by Gasteiger charge is 2.37. The van der Waals surface area contributed by atoms with E-state index in [0.29, 0.717) is 29.0 Å². The van der Waals surface area contributed by atoms with E-state index in [-0.39, 0.29) is 6.54 Å². The normalized spacial score (nSPS) is 21.7. The molecule has 0 aliphatic carbocycles. The molecule has 130 valence electrons. The van der Waals surface area contributed by atoms with Crippen molar-refractivity contribution in [2.24, 2.45) is 9.51 Å². The molecular weight excluding hydrogens is 331 g/mol. The molecule has 0 unspecified atom stereocenters. The van der Waals surface area contributed by atoms with E-state index in [9.17, 15) is 8.94 Å². The second-order valence-electron chi connectivity index (χ2n) is 7.10. The quantitative estimate of drug-likeness (QED) is 0.268. The molecule has 1 aliphatic rings. The van der Waals surface area contributed by atoms with Gasteiger partial charge in [-0.05, 0) is 52.3 Å². The fraction of sp³-hybridized carbons (Fsp3) is 0.562. The summed E-state index contributed by atoms with van der Waals surface area (Å²) >= 11 is -1.45. The summed E-state index contributed by atoms with van der Waals surface area (Å²) in [6, 6.07) is 2.74. The molecule has 0 radical (unpaired) electrons. The fourth-order valence-electron chi connectivity index (χ4n) is 2.44. The first-order valence-electron chi connectivity index (χ1n) is 7.56. The van der Waals surface area contributed by atoms with E-state index < -0.39 is 27.5 Å². The Labute approximate surface area is 144 Å². The van der Waals surface area contributed by atoms with E-state index >= 15 is 0 Å². The van der Waals surface area contributed by atoms with Crippen molar-refractivity contribution in [1.29, 1.82) is 0 Å². The Bertz CT molecular complexity index is 726. The largest absolute Gasteiger partial charge is 0.591 e. The molecule has 0 bridgehead atoms. The third-order valence-electron chi connectivity index (χ3n) is 3.65. The monoisotopic (exact) mass is 352 g/mol. The van der Waals surface area contributed by atoms with Crippen LogP contribution in [0.25, 0.3) is 10.4 Å². The van der Waals surface area contributed by atoms with Crippen molar-refractivity contribution in [3.05, 3.63) is 39.5 Å². The summed E-state index contributed by atoms with van der Waals surface area (Å²) in [5.74, 6) is 0.107. The number of nitrogens with zero attached hydrogens (tertiary/aromatic N) is 4. The molecule has 1 aromatic carbocycles. The molecule has 2 rings (SSSR count). The Morgan fingerprint density at radius 3 is 2.75 bits per heavy atom. The van der Waals surface area contributed by atoms with E-state index in [1.807, 2.05) is 27.7 Å². The maximum Gasteiger partial charge on any atom is 0.144 e. The van der Waals surface area contributed by atoms with E-state index in [0.717, 1.165) is 0 Å². The first-order valence-corrected chi connectivity index (χ1v) is 8.66.